The van der Waals surface area contributed by atoms with Gasteiger partial charge in [-0.1, -0.05) is 0 Å². The van der Waals surface area contributed by atoms with Gasteiger partial charge in [0.2, 0.25) is 10.0 Å². The highest BCUT2D eigenvalue weighted by Crippen LogP contribution is 2.28. The smallest absolute Gasteiger partial charge is 0.244 e. The third kappa shape index (κ3) is 2.69. The summed E-state index contributed by atoms with van der Waals surface area (Å²) in [5, 5.41) is 9.41. The van der Waals surface area contributed by atoms with Crippen LogP contribution in [0.25, 0.3) is 0 Å². The van der Waals surface area contributed by atoms with Crippen LogP contribution in [0.2, 0.25) is 0 Å². The number of halogens is 1. The summed E-state index contributed by atoms with van der Waals surface area (Å²) in [4.78, 5) is 0.216. The number of piperidine rings is 1. The van der Waals surface area contributed by atoms with Crippen LogP contribution in [0.3, 0.4) is 0 Å². The monoisotopic (exact) mass is 334 g/mol. The van der Waals surface area contributed by atoms with Gasteiger partial charge in [-0.25, -0.2) is 8.42 Å². The third-order valence-corrected chi connectivity index (χ3v) is 5.87. The average Bonchev–Trinajstić information content (AvgIpc) is 2.29. The Hall–Kier alpha value is -0.630. The van der Waals surface area contributed by atoms with Gasteiger partial charge in [0.15, 0.2) is 0 Å². The van der Waals surface area contributed by atoms with Crippen molar-refractivity contribution < 1.29 is 13.5 Å². The molecule has 3 N–H and O–H groups in total. The second-order valence-electron chi connectivity index (χ2n) is 4.33. The molecule has 1 aliphatic heterocycles. The quantitative estimate of drug-likeness (QED) is 0.795. The Kier molecular flexibility index (Phi) is 3.96. The Bertz CT molecular complexity index is 539. The zero-order valence-corrected chi connectivity index (χ0v) is 12.1. The summed E-state index contributed by atoms with van der Waals surface area (Å²) in [6.07, 6.45) is 0.559. The van der Waals surface area contributed by atoms with Crippen LogP contribution in [0.15, 0.2) is 27.6 Å². The number of hydrogen-bond acceptors (Lipinski definition) is 4. The molecule has 0 amide bonds. The molecule has 1 fully saturated rings. The van der Waals surface area contributed by atoms with E-state index in [1.165, 1.54) is 10.4 Å². The van der Waals surface area contributed by atoms with Crippen LogP contribution in [0.1, 0.15) is 12.8 Å². The van der Waals surface area contributed by atoms with Gasteiger partial charge in [-0.15, -0.1) is 0 Å². The summed E-state index contributed by atoms with van der Waals surface area (Å²) in [7, 11) is -3.51. The molecule has 0 atom stereocenters. The molecule has 1 aliphatic rings. The van der Waals surface area contributed by atoms with E-state index in [1.54, 1.807) is 12.1 Å². The molecule has 100 valence electrons. The van der Waals surface area contributed by atoms with E-state index < -0.39 is 16.1 Å². The normalized spacial score (nSPS) is 19.0. The SMILES string of the molecule is Nc1ccc(S(=O)(=O)N2CCC(O)CC2)c(Br)c1. The largest absolute Gasteiger partial charge is 0.399 e. The summed E-state index contributed by atoms with van der Waals surface area (Å²) in [6, 6.07) is 4.64. The lowest BCUT2D eigenvalue weighted by Crippen LogP contribution is -2.40. The number of nitrogens with zero attached hydrogens (tertiary/aromatic N) is 1. The number of nitrogen functional groups attached to an aromatic ring is 1. The first-order valence-corrected chi connectivity index (χ1v) is 7.88. The Balaban J connectivity index is 2.30. The molecule has 18 heavy (non-hydrogen) atoms. The first-order valence-electron chi connectivity index (χ1n) is 5.64. The van der Waals surface area contributed by atoms with Crippen molar-refractivity contribution in [2.75, 3.05) is 18.8 Å². The van der Waals surface area contributed by atoms with Crippen molar-refractivity contribution in [2.45, 2.75) is 23.8 Å². The second-order valence-corrected chi connectivity index (χ2v) is 7.09. The third-order valence-electron chi connectivity index (χ3n) is 3.00. The van der Waals surface area contributed by atoms with Gasteiger partial charge in [0.1, 0.15) is 0 Å². The first-order chi connectivity index (χ1) is 8.41. The topological polar surface area (TPSA) is 83.6 Å². The summed E-state index contributed by atoms with van der Waals surface area (Å²) in [5.74, 6) is 0. The van der Waals surface area contributed by atoms with E-state index in [0.29, 0.717) is 36.1 Å². The number of aliphatic hydroxyl groups is 1. The predicted molar refractivity (Wildman–Crippen MR) is 72.6 cm³/mol. The minimum atomic E-state index is -3.51. The van der Waals surface area contributed by atoms with E-state index in [2.05, 4.69) is 15.9 Å². The van der Waals surface area contributed by atoms with E-state index in [0.717, 1.165) is 0 Å². The van der Waals surface area contributed by atoms with Crippen molar-refractivity contribution in [3.05, 3.63) is 22.7 Å². The summed E-state index contributed by atoms with van der Waals surface area (Å²) in [6.45, 7) is 0.695. The molecule has 0 unspecified atom stereocenters. The maximum atomic E-state index is 12.4. The Morgan fingerprint density at radius 3 is 2.50 bits per heavy atom. The molecule has 1 aromatic rings. The lowest BCUT2D eigenvalue weighted by atomic mass is 10.1. The second kappa shape index (κ2) is 5.16. The zero-order valence-electron chi connectivity index (χ0n) is 9.71. The highest BCUT2D eigenvalue weighted by Gasteiger charge is 2.29. The number of anilines is 1. The highest BCUT2D eigenvalue weighted by atomic mass is 79.9. The molecule has 0 aromatic heterocycles. The molecule has 0 radical (unpaired) electrons. The fourth-order valence-electron chi connectivity index (χ4n) is 1.95. The standard InChI is InChI=1S/C11H15BrN2O3S/c12-10-7-8(13)1-2-11(10)18(16,17)14-5-3-9(15)4-6-14/h1-2,7,9,15H,3-6,13H2. The molecule has 1 heterocycles. The van der Waals surface area contributed by atoms with Gasteiger partial charge in [-0.2, -0.15) is 4.31 Å². The van der Waals surface area contributed by atoms with Gasteiger partial charge in [0.25, 0.3) is 0 Å². The molecule has 7 heteroatoms. The Labute approximate surface area is 115 Å². The maximum Gasteiger partial charge on any atom is 0.244 e. The number of benzene rings is 1. The van der Waals surface area contributed by atoms with Crippen LogP contribution in [0, 0.1) is 0 Å². The van der Waals surface area contributed by atoms with Crippen LogP contribution in [-0.4, -0.2) is 37.0 Å². The number of rotatable bonds is 2. The van der Waals surface area contributed by atoms with Crippen LogP contribution in [0.4, 0.5) is 5.69 Å². The van der Waals surface area contributed by atoms with E-state index in [-0.39, 0.29) is 4.90 Å². The zero-order chi connectivity index (χ0) is 13.3. The summed E-state index contributed by atoms with van der Waals surface area (Å²) in [5.41, 5.74) is 6.11. The minimum Gasteiger partial charge on any atom is -0.399 e. The van der Waals surface area contributed by atoms with Gasteiger partial charge >= 0.3 is 0 Å². The van der Waals surface area contributed by atoms with Gasteiger partial charge in [0, 0.05) is 23.2 Å². The van der Waals surface area contributed by atoms with Gasteiger partial charge < -0.3 is 10.8 Å². The molecule has 0 spiro atoms. The lowest BCUT2D eigenvalue weighted by Gasteiger charge is -2.29. The number of nitrogens with two attached hydrogens (primary N) is 1. The fraction of sp³-hybridized carbons (Fsp3) is 0.455. The molecule has 5 nitrogen and oxygen atoms in total. The van der Waals surface area contributed by atoms with Gasteiger partial charge in [-0.3, -0.25) is 0 Å². The van der Waals surface area contributed by atoms with Crippen LogP contribution in [-0.2, 0) is 10.0 Å². The van der Waals surface area contributed by atoms with Crippen molar-refractivity contribution in [3.8, 4) is 0 Å². The maximum absolute atomic E-state index is 12.4. The number of hydrogen-bond donors (Lipinski definition) is 2. The van der Waals surface area contributed by atoms with Gasteiger partial charge in [-0.05, 0) is 47.0 Å². The van der Waals surface area contributed by atoms with Crippen LogP contribution in [0.5, 0.6) is 0 Å². The highest BCUT2D eigenvalue weighted by molar-refractivity contribution is 9.10. The van der Waals surface area contributed by atoms with Crippen molar-refractivity contribution in [3.63, 3.8) is 0 Å². The summed E-state index contributed by atoms with van der Waals surface area (Å²) < 4.78 is 26.7. The van der Waals surface area contributed by atoms with Crippen LogP contribution >= 0.6 is 15.9 Å². The van der Waals surface area contributed by atoms with Crippen molar-refractivity contribution in [2.24, 2.45) is 0 Å². The molecule has 1 saturated heterocycles. The predicted octanol–water partition coefficient (Wildman–Crippen LogP) is 1.18. The van der Waals surface area contributed by atoms with E-state index in [1.807, 2.05) is 0 Å². The molecule has 0 aliphatic carbocycles. The molecular formula is C11H15BrN2O3S. The number of sulfonamides is 1. The van der Waals surface area contributed by atoms with Crippen molar-refractivity contribution in [1.29, 1.82) is 0 Å². The van der Waals surface area contributed by atoms with E-state index in [4.69, 9.17) is 5.73 Å². The molecule has 0 bridgehead atoms. The Morgan fingerprint density at radius 1 is 1.33 bits per heavy atom. The summed E-state index contributed by atoms with van der Waals surface area (Å²) >= 11 is 3.23. The van der Waals surface area contributed by atoms with Gasteiger partial charge in [0.05, 0.1) is 11.0 Å². The van der Waals surface area contributed by atoms with E-state index >= 15 is 0 Å². The average molecular weight is 335 g/mol. The fourth-order valence-corrected chi connectivity index (χ4v) is 4.47. The molecular weight excluding hydrogens is 320 g/mol. The van der Waals surface area contributed by atoms with E-state index in [9.17, 15) is 13.5 Å². The molecule has 0 saturated carbocycles. The molecule has 2 rings (SSSR count). The minimum absolute atomic E-state index is 0.216. The first kappa shape index (κ1) is 13.8. The number of aliphatic hydroxyl groups excluding tert-OH is 1. The van der Waals surface area contributed by atoms with Crippen molar-refractivity contribution in [1.82, 2.24) is 4.31 Å². The Morgan fingerprint density at radius 2 is 1.94 bits per heavy atom. The lowest BCUT2D eigenvalue weighted by molar-refractivity contribution is 0.113. The van der Waals surface area contributed by atoms with Crippen molar-refractivity contribution >= 4 is 31.6 Å². The molecule has 1 aromatic carbocycles. The van der Waals surface area contributed by atoms with Crippen LogP contribution < -0.4 is 5.73 Å².